The molecular formula is C13H17ClFNO4S. The van der Waals surface area contributed by atoms with Crippen molar-refractivity contribution in [3.05, 3.63) is 29.1 Å². The van der Waals surface area contributed by atoms with Gasteiger partial charge in [0.05, 0.1) is 4.90 Å². The molecule has 1 aromatic carbocycles. The molecule has 0 atom stereocenters. The van der Waals surface area contributed by atoms with Gasteiger partial charge in [-0.3, -0.25) is 4.79 Å². The van der Waals surface area contributed by atoms with Crippen molar-refractivity contribution in [2.24, 2.45) is 0 Å². The van der Waals surface area contributed by atoms with Gasteiger partial charge in [0.1, 0.15) is 5.82 Å². The summed E-state index contributed by atoms with van der Waals surface area (Å²) in [6.07, 6.45) is 0.619. The number of rotatable bonds is 6. The van der Waals surface area contributed by atoms with Crippen molar-refractivity contribution < 1.29 is 22.3 Å². The van der Waals surface area contributed by atoms with E-state index in [4.69, 9.17) is 15.4 Å². The maximum Gasteiger partial charge on any atom is 0.261 e. The number of halogens is 2. The Morgan fingerprint density at radius 3 is 2.57 bits per heavy atom. The molecule has 0 bridgehead atoms. The minimum Gasteiger partial charge on any atom is -0.385 e. The van der Waals surface area contributed by atoms with Gasteiger partial charge in [-0.15, -0.1) is 0 Å². The van der Waals surface area contributed by atoms with Crippen LogP contribution in [0.1, 0.15) is 22.3 Å². The van der Waals surface area contributed by atoms with Crippen molar-refractivity contribution in [1.29, 1.82) is 0 Å². The van der Waals surface area contributed by atoms with Gasteiger partial charge in [-0.05, 0) is 25.5 Å². The summed E-state index contributed by atoms with van der Waals surface area (Å²) in [5.74, 6) is -1.27. The molecule has 118 valence electrons. The van der Waals surface area contributed by atoms with E-state index in [1.807, 2.05) is 0 Å². The van der Waals surface area contributed by atoms with E-state index in [0.717, 1.165) is 12.1 Å². The van der Waals surface area contributed by atoms with Crippen molar-refractivity contribution in [2.75, 3.05) is 27.3 Å². The van der Waals surface area contributed by atoms with Crippen LogP contribution in [0.3, 0.4) is 0 Å². The summed E-state index contributed by atoms with van der Waals surface area (Å²) < 4.78 is 41.5. The third kappa shape index (κ3) is 4.66. The second kappa shape index (κ2) is 7.20. The highest BCUT2D eigenvalue weighted by atomic mass is 35.7. The highest BCUT2D eigenvalue weighted by Gasteiger charge is 2.21. The lowest BCUT2D eigenvalue weighted by atomic mass is 10.1. The molecule has 0 heterocycles. The molecule has 0 fully saturated rings. The topological polar surface area (TPSA) is 63.7 Å². The number of hydrogen-bond donors (Lipinski definition) is 0. The molecule has 1 aromatic rings. The van der Waals surface area contributed by atoms with Crippen LogP contribution in [0, 0.1) is 12.7 Å². The van der Waals surface area contributed by atoms with Crippen LogP contribution in [-0.4, -0.2) is 46.5 Å². The Morgan fingerprint density at radius 2 is 2.05 bits per heavy atom. The number of hydrogen-bond acceptors (Lipinski definition) is 4. The van der Waals surface area contributed by atoms with Gasteiger partial charge in [0.15, 0.2) is 0 Å². The number of methoxy groups -OCH3 is 1. The predicted molar refractivity (Wildman–Crippen MR) is 77.6 cm³/mol. The molecule has 1 rings (SSSR count). The molecule has 0 saturated carbocycles. The molecule has 0 aromatic heterocycles. The van der Waals surface area contributed by atoms with Crippen LogP contribution in [0.5, 0.6) is 0 Å². The van der Waals surface area contributed by atoms with Gasteiger partial charge in [-0.1, -0.05) is 0 Å². The highest BCUT2D eigenvalue weighted by Crippen LogP contribution is 2.24. The van der Waals surface area contributed by atoms with E-state index >= 15 is 0 Å². The van der Waals surface area contributed by atoms with Crippen LogP contribution < -0.4 is 0 Å². The molecular weight excluding hydrogens is 321 g/mol. The fraction of sp³-hybridized carbons (Fsp3) is 0.462. The minimum absolute atomic E-state index is 0.0581. The van der Waals surface area contributed by atoms with E-state index in [2.05, 4.69) is 0 Å². The summed E-state index contributed by atoms with van der Waals surface area (Å²) in [4.78, 5) is 13.1. The first-order valence-electron chi connectivity index (χ1n) is 6.17. The quantitative estimate of drug-likeness (QED) is 0.589. The van der Waals surface area contributed by atoms with Gasteiger partial charge >= 0.3 is 0 Å². The molecule has 0 aliphatic heterocycles. The van der Waals surface area contributed by atoms with E-state index in [9.17, 15) is 17.6 Å². The first-order valence-corrected chi connectivity index (χ1v) is 8.48. The van der Waals surface area contributed by atoms with E-state index in [1.54, 1.807) is 14.2 Å². The number of ether oxygens (including phenoxy) is 1. The highest BCUT2D eigenvalue weighted by molar-refractivity contribution is 8.13. The average molecular weight is 338 g/mol. The fourth-order valence-electron chi connectivity index (χ4n) is 1.80. The largest absolute Gasteiger partial charge is 0.385 e. The van der Waals surface area contributed by atoms with Crippen LogP contribution in [0.2, 0.25) is 0 Å². The van der Waals surface area contributed by atoms with Gasteiger partial charge < -0.3 is 9.64 Å². The van der Waals surface area contributed by atoms with Crippen molar-refractivity contribution in [2.45, 2.75) is 18.2 Å². The SMILES string of the molecule is COCCCN(C)C(=O)c1cc(F)c(C)c(S(=O)(=O)Cl)c1. The van der Waals surface area contributed by atoms with Crippen LogP contribution in [0.4, 0.5) is 4.39 Å². The Kier molecular flexibility index (Phi) is 6.12. The zero-order valence-corrected chi connectivity index (χ0v) is 13.6. The number of carbonyl (C=O) groups is 1. The lowest BCUT2D eigenvalue weighted by molar-refractivity contribution is 0.0778. The second-order valence-electron chi connectivity index (χ2n) is 4.59. The predicted octanol–water partition coefficient (Wildman–Crippen LogP) is 2.17. The van der Waals surface area contributed by atoms with E-state index in [1.165, 1.54) is 11.8 Å². The van der Waals surface area contributed by atoms with Gasteiger partial charge in [-0.25, -0.2) is 12.8 Å². The zero-order valence-electron chi connectivity index (χ0n) is 12.0. The molecule has 0 aliphatic carbocycles. The number of nitrogens with zero attached hydrogens (tertiary/aromatic N) is 1. The molecule has 0 spiro atoms. The average Bonchev–Trinajstić information content (AvgIpc) is 2.39. The third-order valence-corrected chi connectivity index (χ3v) is 4.44. The summed E-state index contributed by atoms with van der Waals surface area (Å²) >= 11 is 0. The molecule has 21 heavy (non-hydrogen) atoms. The fourth-order valence-corrected chi connectivity index (χ4v) is 3.01. The Balaban J connectivity index is 3.09. The van der Waals surface area contributed by atoms with Crippen LogP contribution in [0.15, 0.2) is 17.0 Å². The summed E-state index contributed by atoms with van der Waals surface area (Å²) in [5.41, 5.74) is -0.166. The maximum absolute atomic E-state index is 13.8. The minimum atomic E-state index is -4.12. The molecule has 0 radical (unpaired) electrons. The summed E-state index contributed by atoms with van der Waals surface area (Å²) in [7, 11) is 4.24. The van der Waals surface area contributed by atoms with Crippen molar-refractivity contribution >= 4 is 25.6 Å². The van der Waals surface area contributed by atoms with Gasteiger partial charge in [-0.2, -0.15) is 0 Å². The Bertz CT molecular complexity index is 633. The molecule has 5 nitrogen and oxygen atoms in total. The van der Waals surface area contributed by atoms with Crippen LogP contribution >= 0.6 is 10.7 Å². The Morgan fingerprint density at radius 1 is 1.43 bits per heavy atom. The molecule has 0 aliphatic rings. The third-order valence-electron chi connectivity index (χ3n) is 2.99. The molecule has 8 heteroatoms. The van der Waals surface area contributed by atoms with Gasteiger partial charge in [0, 0.05) is 49.1 Å². The van der Waals surface area contributed by atoms with Crippen molar-refractivity contribution in [3.8, 4) is 0 Å². The molecule has 0 saturated heterocycles. The lowest BCUT2D eigenvalue weighted by Crippen LogP contribution is -2.28. The summed E-state index contributed by atoms with van der Waals surface area (Å²) in [5, 5.41) is 0. The van der Waals surface area contributed by atoms with Crippen LogP contribution in [-0.2, 0) is 13.8 Å². The van der Waals surface area contributed by atoms with E-state index in [0.29, 0.717) is 19.6 Å². The molecule has 1 amide bonds. The number of benzene rings is 1. The van der Waals surface area contributed by atoms with E-state index < -0.39 is 25.7 Å². The first-order chi connectivity index (χ1) is 9.68. The lowest BCUT2D eigenvalue weighted by Gasteiger charge is -2.17. The molecule has 0 N–H and O–H groups in total. The van der Waals surface area contributed by atoms with Crippen molar-refractivity contribution in [1.82, 2.24) is 4.90 Å². The van der Waals surface area contributed by atoms with Gasteiger partial charge in [0.25, 0.3) is 15.0 Å². The number of carbonyl (C=O) groups excluding carboxylic acids is 1. The smallest absolute Gasteiger partial charge is 0.261 e. The van der Waals surface area contributed by atoms with Crippen molar-refractivity contribution in [3.63, 3.8) is 0 Å². The Labute approximate surface area is 128 Å². The maximum atomic E-state index is 13.8. The van der Waals surface area contributed by atoms with Gasteiger partial charge in [0.2, 0.25) is 0 Å². The summed E-state index contributed by atoms with van der Waals surface area (Å²) in [6, 6.07) is 2.10. The Hall–Kier alpha value is -1.18. The monoisotopic (exact) mass is 337 g/mol. The first kappa shape index (κ1) is 17.9. The molecule has 0 unspecified atom stereocenters. The van der Waals surface area contributed by atoms with E-state index in [-0.39, 0.29) is 11.1 Å². The normalized spacial score (nSPS) is 11.5. The number of amides is 1. The summed E-state index contributed by atoms with van der Waals surface area (Å²) in [6.45, 7) is 2.19. The standard InChI is InChI=1S/C13H17ClFNO4S/c1-9-11(15)7-10(8-12(9)21(14,18)19)13(17)16(2)5-4-6-20-3/h7-8H,4-6H2,1-3H3. The second-order valence-corrected chi connectivity index (χ2v) is 7.13. The van der Waals surface area contributed by atoms with Crippen LogP contribution in [0.25, 0.3) is 0 Å². The zero-order chi connectivity index (χ0) is 16.2.